The minimum absolute atomic E-state index is 0.0104. The van der Waals surface area contributed by atoms with E-state index in [-0.39, 0.29) is 5.91 Å². The van der Waals surface area contributed by atoms with Gasteiger partial charge in [0.15, 0.2) is 0 Å². The molecule has 1 aromatic heterocycles. The molecule has 3 rings (SSSR count). The molecule has 1 amide bonds. The molecule has 0 aliphatic carbocycles. The van der Waals surface area contributed by atoms with Gasteiger partial charge in [-0.15, -0.1) is 0 Å². The Morgan fingerprint density at radius 3 is 3.09 bits per heavy atom. The van der Waals surface area contributed by atoms with Gasteiger partial charge >= 0.3 is 0 Å². The number of nitrogens with zero attached hydrogens (tertiary/aromatic N) is 3. The summed E-state index contributed by atoms with van der Waals surface area (Å²) in [6, 6.07) is 0. The molecule has 0 unspecified atom stereocenters. The molecule has 0 saturated carbocycles. The number of nitrogens with one attached hydrogen (secondary N) is 1. The zero-order chi connectivity index (χ0) is 16.4. The van der Waals surface area contributed by atoms with Gasteiger partial charge in [0, 0.05) is 31.4 Å². The van der Waals surface area contributed by atoms with E-state index < -0.39 is 11.5 Å². The Labute approximate surface area is 137 Å². The highest BCUT2D eigenvalue weighted by atomic mass is 16.3. The molecule has 2 aliphatic rings. The number of piperidine rings is 2. The van der Waals surface area contributed by atoms with Gasteiger partial charge in [-0.3, -0.25) is 4.79 Å². The highest BCUT2D eigenvalue weighted by Crippen LogP contribution is 2.39. The summed E-state index contributed by atoms with van der Waals surface area (Å²) >= 11 is 0. The largest absolute Gasteiger partial charge is 0.392 e. The van der Waals surface area contributed by atoms with Gasteiger partial charge in [-0.2, -0.15) is 0 Å². The Morgan fingerprint density at radius 2 is 2.35 bits per heavy atom. The molecule has 6 nitrogen and oxygen atoms in total. The second-order valence-electron chi connectivity index (χ2n) is 6.76. The molecule has 1 aromatic rings. The van der Waals surface area contributed by atoms with Crippen LogP contribution in [0.3, 0.4) is 0 Å². The molecule has 0 radical (unpaired) electrons. The van der Waals surface area contributed by atoms with Crippen LogP contribution in [0.5, 0.6) is 0 Å². The lowest BCUT2D eigenvalue weighted by Gasteiger charge is -2.47. The highest BCUT2D eigenvalue weighted by Gasteiger charge is 2.50. The van der Waals surface area contributed by atoms with Crippen LogP contribution >= 0.6 is 0 Å². The van der Waals surface area contributed by atoms with Gasteiger partial charge in [0.1, 0.15) is 11.6 Å². The number of anilines is 1. The minimum Gasteiger partial charge on any atom is -0.392 e. The van der Waals surface area contributed by atoms with E-state index in [9.17, 15) is 9.90 Å². The summed E-state index contributed by atoms with van der Waals surface area (Å²) in [6.45, 7) is 6.00. The molecule has 3 heterocycles. The van der Waals surface area contributed by atoms with Crippen LogP contribution in [0.15, 0.2) is 6.20 Å². The van der Waals surface area contributed by atoms with Gasteiger partial charge in [-0.1, -0.05) is 13.3 Å². The smallest absolute Gasteiger partial charge is 0.230 e. The molecule has 0 bridgehead atoms. The quantitative estimate of drug-likeness (QED) is 0.876. The number of hydrogen-bond donors (Lipinski definition) is 2. The van der Waals surface area contributed by atoms with Crippen LogP contribution in [0, 0.1) is 12.3 Å². The van der Waals surface area contributed by atoms with Crippen molar-refractivity contribution in [3.63, 3.8) is 0 Å². The maximum atomic E-state index is 12.5. The lowest BCUT2D eigenvalue weighted by atomic mass is 9.71. The standard InChI is InChI=1S/C17H26N4O2/c1-3-5-13-10-19-12(2)20-15(13)21-9-6-14(22)17(11-21)7-4-8-18-16(17)23/h10,14,22H,3-9,11H2,1-2H3,(H,18,23)/t14-,17-/m1/s1. The van der Waals surface area contributed by atoms with Crippen molar-refractivity contribution in [1.29, 1.82) is 0 Å². The van der Waals surface area contributed by atoms with Crippen molar-refractivity contribution in [2.24, 2.45) is 5.41 Å². The summed E-state index contributed by atoms with van der Waals surface area (Å²) in [7, 11) is 0. The van der Waals surface area contributed by atoms with Gasteiger partial charge in [0.2, 0.25) is 5.91 Å². The molecule has 2 aliphatic heterocycles. The molecule has 2 saturated heterocycles. The first-order valence-electron chi connectivity index (χ1n) is 8.60. The van der Waals surface area contributed by atoms with E-state index in [1.165, 1.54) is 0 Å². The fourth-order valence-electron chi connectivity index (χ4n) is 3.83. The highest BCUT2D eigenvalue weighted by molar-refractivity contribution is 5.85. The van der Waals surface area contributed by atoms with Crippen LogP contribution in [-0.4, -0.2) is 46.7 Å². The third-order valence-corrected chi connectivity index (χ3v) is 5.10. The zero-order valence-corrected chi connectivity index (χ0v) is 14.0. The third-order valence-electron chi connectivity index (χ3n) is 5.10. The molecule has 23 heavy (non-hydrogen) atoms. The van der Waals surface area contributed by atoms with Crippen LogP contribution in [0.1, 0.15) is 44.0 Å². The average molecular weight is 318 g/mol. The lowest BCUT2D eigenvalue weighted by Crippen LogP contribution is -2.61. The van der Waals surface area contributed by atoms with E-state index in [0.717, 1.165) is 49.4 Å². The van der Waals surface area contributed by atoms with E-state index in [2.05, 4.69) is 27.1 Å². The van der Waals surface area contributed by atoms with E-state index >= 15 is 0 Å². The Kier molecular flexibility index (Phi) is 4.53. The first-order valence-corrected chi connectivity index (χ1v) is 8.60. The summed E-state index contributed by atoms with van der Waals surface area (Å²) in [5.74, 6) is 1.67. The predicted molar refractivity (Wildman–Crippen MR) is 88.3 cm³/mol. The van der Waals surface area contributed by atoms with Crippen LogP contribution < -0.4 is 10.2 Å². The molecule has 2 fully saturated rings. The number of aliphatic hydroxyl groups excluding tert-OH is 1. The molecule has 2 atom stereocenters. The molecule has 6 heteroatoms. The van der Waals surface area contributed by atoms with Crippen LogP contribution in [0.4, 0.5) is 5.82 Å². The Morgan fingerprint density at radius 1 is 1.52 bits per heavy atom. The molecule has 1 spiro atoms. The van der Waals surface area contributed by atoms with Crippen LogP contribution in [-0.2, 0) is 11.2 Å². The Bertz CT molecular complexity index is 592. The lowest BCUT2D eigenvalue weighted by molar-refractivity contribution is -0.142. The van der Waals surface area contributed by atoms with Crippen LogP contribution in [0.2, 0.25) is 0 Å². The number of aromatic nitrogens is 2. The minimum atomic E-state index is -0.696. The number of hydrogen-bond acceptors (Lipinski definition) is 5. The summed E-state index contributed by atoms with van der Waals surface area (Å²) in [5.41, 5.74) is 0.430. The fraction of sp³-hybridized carbons (Fsp3) is 0.706. The number of aryl methyl sites for hydroxylation is 2. The monoisotopic (exact) mass is 318 g/mol. The fourth-order valence-corrected chi connectivity index (χ4v) is 3.83. The van der Waals surface area contributed by atoms with Crippen molar-refractivity contribution >= 4 is 11.7 Å². The predicted octanol–water partition coefficient (Wildman–Crippen LogP) is 1.20. The maximum absolute atomic E-state index is 12.5. The topological polar surface area (TPSA) is 78.3 Å². The number of aliphatic hydroxyl groups is 1. The van der Waals surface area contributed by atoms with Crippen molar-refractivity contribution < 1.29 is 9.90 Å². The molecule has 2 N–H and O–H groups in total. The number of amides is 1. The van der Waals surface area contributed by atoms with E-state index in [1.54, 1.807) is 0 Å². The van der Waals surface area contributed by atoms with Crippen molar-refractivity contribution in [3.05, 3.63) is 17.6 Å². The number of carbonyl (C=O) groups excluding carboxylic acids is 1. The summed E-state index contributed by atoms with van der Waals surface area (Å²) in [4.78, 5) is 23.6. The maximum Gasteiger partial charge on any atom is 0.230 e. The van der Waals surface area contributed by atoms with Crippen LogP contribution in [0.25, 0.3) is 0 Å². The molecule has 126 valence electrons. The Balaban J connectivity index is 1.92. The normalized spacial score (nSPS) is 28.0. The third kappa shape index (κ3) is 2.92. The van der Waals surface area contributed by atoms with Gasteiger partial charge in [0.25, 0.3) is 0 Å². The first-order chi connectivity index (χ1) is 11.1. The average Bonchev–Trinajstić information content (AvgIpc) is 2.54. The molecular formula is C17H26N4O2. The van der Waals surface area contributed by atoms with E-state index in [0.29, 0.717) is 19.5 Å². The first kappa shape index (κ1) is 16.2. The summed E-state index contributed by atoms with van der Waals surface area (Å²) in [5, 5.41) is 13.5. The second kappa shape index (κ2) is 6.43. The number of carbonyl (C=O) groups is 1. The molecule has 0 aromatic carbocycles. The molecular weight excluding hydrogens is 292 g/mol. The number of rotatable bonds is 3. The summed E-state index contributed by atoms with van der Waals surface area (Å²) in [6.07, 6.45) is 5.54. The van der Waals surface area contributed by atoms with Crippen molar-refractivity contribution in [2.75, 3.05) is 24.5 Å². The van der Waals surface area contributed by atoms with E-state index in [1.807, 2.05) is 13.1 Å². The van der Waals surface area contributed by atoms with Crippen molar-refractivity contribution in [2.45, 2.75) is 52.1 Å². The van der Waals surface area contributed by atoms with Gasteiger partial charge in [0.05, 0.1) is 11.5 Å². The zero-order valence-electron chi connectivity index (χ0n) is 14.0. The second-order valence-corrected chi connectivity index (χ2v) is 6.76. The van der Waals surface area contributed by atoms with Crippen molar-refractivity contribution in [3.8, 4) is 0 Å². The SMILES string of the molecule is CCCc1cnc(C)nc1N1CC[C@@H](O)[C@@]2(CCCNC2=O)C1. The van der Waals surface area contributed by atoms with Gasteiger partial charge in [-0.25, -0.2) is 9.97 Å². The van der Waals surface area contributed by atoms with Gasteiger partial charge in [-0.05, 0) is 32.6 Å². The Hall–Kier alpha value is -1.69. The summed E-state index contributed by atoms with van der Waals surface area (Å²) < 4.78 is 0. The van der Waals surface area contributed by atoms with Gasteiger partial charge < -0.3 is 15.3 Å². The van der Waals surface area contributed by atoms with Crippen molar-refractivity contribution in [1.82, 2.24) is 15.3 Å². The van der Waals surface area contributed by atoms with E-state index in [4.69, 9.17) is 0 Å².